The maximum atomic E-state index is 11.7. The van der Waals surface area contributed by atoms with Gasteiger partial charge in [-0.25, -0.2) is 4.68 Å². The second kappa shape index (κ2) is 7.04. The molecule has 0 spiro atoms. The number of aromatic nitrogens is 2. The number of aliphatic hydroxyl groups excluding tert-OH is 1. The van der Waals surface area contributed by atoms with Gasteiger partial charge in [-0.1, -0.05) is 19.1 Å². The molecule has 0 radical (unpaired) electrons. The number of rotatable bonds is 6. The van der Waals surface area contributed by atoms with Gasteiger partial charge in [-0.2, -0.15) is 5.10 Å². The summed E-state index contributed by atoms with van der Waals surface area (Å²) in [6.45, 7) is 4.66. The summed E-state index contributed by atoms with van der Waals surface area (Å²) < 4.78 is 6.75. The van der Waals surface area contributed by atoms with Crippen molar-refractivity contribution in [2.24, 2.45) is 0 Å². The summed E-state index contributed by atoms with van der Waals surface area (Å²) in [7, 11) is 0. The van der Waals surface area contributed by atoms with Crippen LogP contribution >= 0.6 is 0 Å². The second-order valence-electron chi connectivity index (χ2n) is 4.99. The van der Waals surface area contributed by atoms with E-state index in [-0.39, 0.29) is 12.1 Å². The van der Waals surface area contributed by atoms with Crippen LogP contribution in [-0.2, 0) is 6.54 Å². The quantitative estimate of drug-likeness (QED) is 0.884. The molecule has 2 aromatic rings. The predicted octanol–water partition coefficient (Wildman–Crippen LogP) is 2.07. The van der Waals surface area contributed by atoms with Crippen LogP contribution < -0.4 is 10.3 Å². The Morgan fingerprint density at radius 3 is 2.67 bits per heavy atom. The Balaban J connectivity index is 2.05. The van der Waals surface area contributed by atoms with Crippen molar-refractivity contribution in [1.29, 1.82) is 0 Å². The van der Waals surface area contributed by atoms with E-state index in [1.165, 1.54) is 10.7 Å². The van der Waals surface area contributed by atoms with E-state index in [2.05, 4.69) is 5.10 Å². The Morgan fingerprint density at radius 1 is 1.33 bits per heavy atom. The zero-order valence-corrected chi connectivity index (χ0v) is 12.3. The minimum absolute atomic E-state index is 0.133. The van der Waals surface area contributed by atoms with Crippen LogP contribution in [0.3, 0.4) is 0 Å². The summed E-state index contributed by atoms with van der Waals surface area (Å²) in [4.78, 5) is 11.7. The van der Waals surface area contributed by atoms with Gasteiger partial charge in [0.2, 0.25) is 0 Å². The van der Waals surface area contributed by atoms with Gasteiger partial charge in [0.05, 0.1) is 25.5 Å². The van der Waals surface area contributed by atoms with E-state index in [0.717, 1.165) is 23.3 Å². The van der Waals surface area contributed by atoms with E-state index in [4.69, 9.17) is 4.74 Å². The first-order valence-electron chi connectivity index (χ1n) is 7.04. The third-order valence-electron chi connectivity index (χ3n) is 3.09. The minimum atomic E-state index is -0.780. The van der Waals surface area contributed by atoms with Crippen molar-refractivity contribution < 1.29 is 9.84 Å². The Morgan fingerprint density at radius 2 is 2.05 bits per heavy atom. The molecule has 1 unspecified atom stereocenters. The lowest BCUT2D eigenvalue weighted by molar-refractivity contribution is 0.149. The molecule has 112 valence electrons. The lowest BCUT2D eigenvalue weighted by Gasteiger charge is -2.13. The third-order valence-corrected chi connectivity index (χ3v) is 3.09. The predicted molar refractivity (Wildman–Crippen MR) is 80.4 cm³/mol. The van der Waals surface area contributed by atoms with Gasteiger partial charge in [0, 0.05) is 6.07 Å². The fraction of sp³-hybridized carbons (Fsp3) is 0.375. The van der Waals surface area contributed by atoms with Crippen LogP contribution in [-0.4, -0.2) is 21.5 Å². The topological polar surface area (TPSA) is 64.3 Å². The third kappa shape index (κ3) is 4.16. The van der Waals surface area contributed by atoms with Crippen LogP contribution in [0.25, 0.3) is 0 Å². The molecule has 0 amide bonds. The molecular weight excluding hydrogens is 268 g/mol. The highest BCUT2D eigenvalue weighted by Crippen LogP contribution is 2.18. The number of aliphatic hydroxyl groups is 1. The molecule has 1 atom stereocenters. The summed E-state index contributed by atoms with van der Waals surface area (Å²) in [5.74, 6) is 0.776. The van der Waals surface area contributed by atoms with Gasteiger partial charge in [0.25, 0.3) is 5.56 Å². The van der Waals surface area contributed by atoms with Crippen molar-refractivity contribution in [3.8, 4) is 5.75 Å². The van der Waals surface area contributed by atoms with Gasteiger partial charge in [0.1, 0.15) is 5.75 Å². The largest absolute Gasteiger partial charge is 0.494 e. The molecule has 0 bridgehead atoms. The molecule has 0 aliphatic heterocycles. The van der Waals surface area contributed by atoms with Gasteiger partial charge < -0.3 is 9.84 Å². The number of nitrogens with zero attached hydrogens (tertiary/aromatic N) is 2. The molecule has 5 heteroatoms. The Labute approximate surface area is 123 Å². The van der Waals surface area contributed by atoms with Crippen LogP contribution in [0.2, 0.25) is 0 Å². The van der Waals surface area contributed by atoms with Gasteiger partial charge in [-0.3, -0.25) is 4.79 Å². The molecule has 0 saturated heterocycles. The zero-order valence-electron chi connectivity index (χ0n) is 12.3. The first-order chi connectivity index (χ1) is 10.1. The van der Waals surface area contributed by atoms with E-state index < -0.39 is 6.10 Å². The van der Waals surface area contributed by atoms with E-state index in [1.54, 1.807) is 18.3 Å². The highest BCUT2D eigenvalue weighted by atomic mass is 16.5. The number of aryl methyl sites for hydroxylation is 1. The molecular formula is C16H20N2O3. The van der Waals surface area contributed by atoms with Crippen molar-refractivity contribution in [2.75, 3.05) is 6.61 Å². The molecule has 0 saturated carbocycles. The van der Waals surface area contributed by atoms with E-state index >= 15 is 0 Å². The monoisotopic (exact) mass is 288 g/mol. The second-order valence-corrected chi connectivity index (χ2v) is 4.99. The average molecular weight is 288 g/mol. The smallest absolute Gasteiger partial charge is 0.267 e. The summed E-state index contributed by atoms with van der Waals surface area (Å²) in [5.41, 5.74) is 1.33. The zero-order chi connectivity index (χ0) is 15.2. The first kappa shape index (κ1) is 15.3. The Bertz CT molecular complexity index is 635. The van der Waals surface area contributed by atoms with Gasteiger partial charge in [0.15, 0.2) is 0 Å². The van der Waals surface area contributed by atoms with Crippen molar-refractivity contribution in [2.45, 2.75) is 32.9 Å². The normalized spacial score (nSPS) is 12.1. The molecule has 1 heterocycles. The fourth-order valence-electron chi connectivity index (χ4n) is 1.94. The Hall–Kier alpha value is -2.14. The fourth-order valence-corrected chi connectivity index (χ4v) is 1.94. The van der Waals surface area contributed by atoms with Crippen LogP contribution in [0.5, 0.6) is 5.75 Å². The number of hydrogen-bond donors (Lipinski definition) is 1. The van der Waals surface area contributed by atoms with Crippen molar-refractivity contribution in [1.82, 2.24) is 9.78 Å². The van der Waals surface area contributed by atoms with Crippen LogP contribution in [0, 0.1) is 6.92 Å². The molecule has 5 nitrogen and oxygen atoms in total. The summed E-state index contributed by atoms with van der Waals surface area (Å²) in [6, 6.07) is 8.74. The molecule has 1 aromatic carbocycles. The van der Waals surface area contributed by atoms with Gasteiger partial charge >= 0.3 is 0 Å². The van der Waals surface area contributed by atoms with E-state index in [9.17, 15) is 9.90 Å². The summed E-state index contributed by atoms with van der Waals surface area (Å²) >= 11 is 0. The molecule has 0 aliphatic carbocycles. The lowest BCUT2D eigenvalue weighted by atomic mass is 10.1. The van der Waals surface area contributed by atoms with Crippen LogP contribution in [0.15, 0.2) is 41.3 Å². The molecule has 2 rings (SSSR count). The summed E-state index contributed by atoms with van der Waals surface area (Å²) in [6.07, 6.45) is 1.78. The number of hydrogen-bond acceptors (Lipinski definition) is 4. The van der Waals surface area contributed by atoms with E-state index in [1.807, 2.05) is 26.0 Å². The van der Waals surface area contributed by atoms with Crippen LogP contribution in [0.4, 0.5) is 0 Å². The number of benzene rings is 1. The van der Waals surface area contributed by atoms with Crippen molar-refractivity contribution >= 4 is 0 Å². The van der Waals surface area contributed by atoms with E-state index in [0.29, 0.717) is 6.61 Å². The Kier molecular flexibility index (Phi) is 5.11. The van der Waals surface area contributed by atoms with Gasteiger partial charge in [-0.15, -0.1) is 0 Å². The standard InChI is InChI=1S/C16H20N2O3/c1-3-8-21-14-6-4-13(5-7-14)15(19)11-18-16(20)9-12(2)10-17-18/h4-7,9-10,15,19H,3,8,11H2,1-2H3. The lowest BCUT2D eigenvalue weighted by Crippen LogP contribution is -2.25. The maximum Gasteiger partial charge on any atom is 0.267 e. The highest BCUT2D eigenvalue weighted by Gasteiger charge is 2.10. The molecule has 0 fully saturated rings. The minimum Gasteiger partial charge on any atom is -0.494 e. The number of ether oxygens (including phenoxy) is 1. The molecule has 1 aromatic heterocycles. The molecule has 21 heavy (non-hydrogen) atoms. The van der Waals surface area contributed by atoms with Crippen molar-refractivity contribution in [3.63, 3.8) is 0 Å². The summed E-state index contributed by atoms with van der Waals surface area (Å²) in [5, 5.41) is 14.2. The molecule has 1 N–H and O–H groups in total. The first-order valence-corrected chi connectivity index (χ1v) is 7.04. The van der Waals surface area contributed by atoms with Crippen molar-refractivity contribution in [3.05, 3.63) is 58.0 Å². The maximum absolute atomic E-state index is 11.7. The highest BCUT2D eigenvalue weighted by molar-refractivity contribution is 5.28. The SMILES string of the molecule is CCCOc1ccc(C(O)Cn2ncc(C)cc2=O)cc1. The van der Waals surface area contributed by atoms with Gasteiger partial charge in [-0.05, 0) is 36.6 Å². The molecule has 0 aliphatic rings. The average Bonchev–Trinajstić information content (AvgIpc) is 2.48. The van der Waals surface area contributed by atoms with Crippen LogP contribution in [0.1, 0.15) is 30.6 Å².